The van der Waals surface area contributed by atoms with E-state index in [0.29, 0.717) is 16.3 Å². The summed E-state index contributed by atoms with van der Waals surface area (Å²) < 4.78 is 67.6. The standard InChI is InChI=1S/C24H18ClF5N2S/c1-33-20-11-5-15(6-12-20)16-3-2-4-17(13-16)21-14-22(23(26,27)24(28,29)30)31-32(21)19-9-7-18(25)8-10-19/h2-13,21H,14H2,1H3. The van der Waals surface area contributed by atoms with Gasteiger partial charge in [0.05, 0.1) is 11.7 Å². The highest BCUT2D eigenvalue weighted by molar-refractivity contribution is 7.98. The van der Waals surface area contributed by atoms with Gasteiger partial charge >= 0.3 is 12.1 Å². The van der Waals surface area contributed by atoms with Crippen LogP contribution in [0.25, 0.3) is 11.1 Å². The van der Waals surface area contributed by atoms with Crippen molar-refractivity contribution in [2.75, 3.05) is 11.3 Å². The lowest BCUT2D eigenvalue weighted by Gasteiger charge is -2.24. The number of hydrazone groups is 1. The molecule has 2 nitrogen and oxygen atoms in total. The predicted octanol–water partition coefficient (Wildman–Crippen LogP) is 8.23. The highest BCUT2D eigenvalue weighted by atomic mass is 35.5. The molecule has 0 amide bonds. The van der Waals surface area contributed by atoms with Crippen molar-refractivity contribution in [2.45, 2.75) is 29.5 Å². The van der Waals surface area contributed by atoms with Crippen molar-refractivity contribution in [3.05, 3.63) is 83.4 Å². The summed E-state index contributed by atoms with van der Waals surface area (Å²) in [6.45, 7) is 0. The van der Waals surface area contributed by atoms with Gasteiger partial charge in [0.2, 0.25) is 0 Å². The number of benzene rings is 3. The first-order valence-electron chi connectivity index (χ1n) is 9.92. The van der Waals surface area contributed by atoms with Crippen LogP contribution in [0.2, 0.25) is 5.02 Å². The molecule has 172 valence electrons. The maximum Gasteiger partial charge on any atom is 0.459 e. The van der Waals surface area contributed by atoms with Gasteiger partial charge in [-0.25, -0.2) is 0 Å². The third-order valence-electron chi connectivity index (χ3n) is 5.41. The second kappa shape index (κ2) is 8.99. The zero-order chi connectivity index (χ0) is 23.8. The molecule has 0 aliphatic carbocycles. The SMILES string of the molecule is CSc1ccc(-c2cccc(C3CC(C(F)(F)C(F)(F)F)=NN3c3ccc(Cl)cc3)c2)cc1. The molecule has 1 unspecified atom stereocenters. The molecule has 4 rings (SSSR count). The molecule has 0 spiro atoms. The molecule has 1 aliphatic rings. The number of hydrogen-bond donors (Lipinski definition) is 0. The van der Waals surface area contributed by atoms with Crippen LogP contribution in [0.3, 0.4) is 0 Å². The minimum Gasteiger partial charge on any atom is -0.257 e. The topological polar surface area (TPSA) is 15.6 Å². The Bertz CT molecular complexity index is 1160. The molecular formula is C24H18ClF5N2S. The minimum atomic E-state index is -5.73. The molecule has 0 bridgehead atoms. The molecule has 0 saturated heterocycles. The van der Waals surface area contributed by atoms with E-state index < -0.39 is 30.3 Å². The Hall–Kier alpha value is -2.58. The Labute approximate surface area is 197 Å². The van der Waals surface area contributed by atoms with Crippen molar-refractivity contribution in [3.63, 3.8) is 0 Å². The molecular weight excluding hydrogens is 479 g/mol. The van der Waals surface area contributed by atoms with Gasteiger partial charge in [-0.2, -0.15) is 27.1 Å². The van der Waals surface area contributed by atoms with Crippen molar-refractivity contribution in [1.82, 2.24) is 0 Å². The van der Waals surface area contributed by atoms with E-state index in [-0.39, 0.29) is 0 Å². The van der Waals surface area contributed by atoms with Gasteiger partial charge in [-0.3, -0.25) is 5.01 Å². The molecule has 0 saturated carbocycles. The summed E-state index contributed by atoms with van der Waals surface area (Å²) in [7, 11) is 0. The van der Waals surface area contributed by atoms with Crippen LogP contribution >= 0.6 is 23.4 Å². The molecule has 0 aromatic heterocycles. The van der Waals surface area contributed by atoms with Gasteiger partial charge in [-0.15, -0.1) is 11.8 Å². The van der Waals surface area contributed by atoms with Gasteiger partial charge in [0, 0.05) is 16.3 Å². The van der Waals surface area contributed by atoms with Crippen molar-refractivity contribution < 1.29 is 22.0 Å². The van der Waals surface area contributed by atoms with Crippen LogP contribution < -0.4 is 5.01 Å². The number of hydrogen-bond acceptors (Lipinski definition) is 3. The Morgan fingerprint density at radius 1 is 0.909 bits per heavy atom. The summed E-state index contributed by atoms with van der Waals surface area (Å²) >= 11 is 7.52. The largest absolute Gasteiger partial charge is 0.459 e. The van der Waals surface area contributed by atoms with Crippen molar-refractivity contribution in [2.24, 2.45) is 5.10 Å². The Kier molecular flexibility index (Phi) is 6.42. The predicted molar refractivity (Wildman–Crippen MR) is 123 cm³/mol. The van der Waals surface area contributed by atoms with Crippen LogP contribution in [-0.4, -0.2) is 24.1 Å². The van der Waals surface area contributed by atoms with Crippen molar-refractivity contribution in [3.8, 4) is 11.1 Å². The summed E-state index contributed by atoms with van der Waals surface area (Å²) in [5, 5.41) is 5.36. The maximum atomic E-state index is 14.2. The van der Waals surface area contributed by atoms with Gasteiger partial charge in [-0.1, -0.05) is 41.9 Å². The number of thioether (sulfide) groups is 1. The van der Waals surface area contributed by atoms with Crippen LogP contribution in [0, 0.1) is 0 Å². The fourth-order valence-corrected chi connectivity index (χ4v) is 4.20. The minimum absolute atomic E-state index is 0.368. The van der Waals surface area contributed by atoms with Gasteiger partial charge in [0.25, 0.3) is 0 Å². The normalized spacial score (nSPS) is 16.8. The quantitative estimate of drug-likeness (QED) is 0.261. The molecule has 9 heteroatoms. The molecule has 3 aromatic rings. The van der Waals surface area contributed by atoms with Gasteiger partial charge in [0.15, 0.2) is 0 Å². The van der Waals surface area contributed by atoms with Crippen LogP contribution in [-0.2, 0) is 0 Å². The zero-order valence-electron chi connectivity index (χ0n) is 17.3. The van der Waals surface area contributed by atoms with E-state index in [4.69, 9.17) is 11.6 Å². The van der Waals surface area contributed by atoms with E-state index in [2.05, 4.69) is 5.10 Å². The summed E-state index contributed by atoms with van der Waals surface area (Å²) in [5.74, 6) is -5.03. The van der Waals surface area contributed by atoms with E-state index in [0.717, 1.165) is 16.0 Å². The number of alkyl halides is 5. The lowest BCUT2D eigenvalue weighted by Crippen LogP contribution is -2.43. The van der Waals surface area contributed by atoms with E-state index in [9.17, 15) is 22.0 Å². The third kappa shape index (κ3) is 4.73. The monoisotopic (exact) mass is 496 g/mol. The molecule has 1 aliphatic heterocycles. The highest BCUT2D eigenvalue weighted by Crippen LogP contribution is 2.45. The summed E-state index contributed by atoms with van der Waals surface area (Å²) in [6.07, 6.45) is -4.33. The number of anilines is 1. The van der Waals surface area contributed by atoms with Gasteiger partial charge < -0.3 is 0 Å². The highest BCUT2D eigenvalue weighted by Gasteiger charge is 2.62. The first kappa shape index (κ1) is 23.6. The van der Waals surface area contributed by atoms with Gasteiger partial charge in [-0.05, 0) is 65.4 Å². The molecule has 1 heterocycles. The van der Waals surface area contributed by atoms with Gasteiger partial charge in [0.1, 0.15) is 5.71 Å². The van der Waals surface area contributed by atoms with Crippen molar-refractivity contribution >= 4 is 34.8 Å². The number of rotatable bonds is 5. The molecule has 1 atom stereocenters. The van der Waals surface area contributed by atoms with E-state index in [1.54, 1.807) is 42.1 Å². The summed E-state index contributed by atoms with van der Waals surface area (Å²) in [4.78, 5) is 1.09. The smallest absolute Gasteiger partial charge is 0.257 e. The van der Waals surface area contributed by atoms with Crippen LogP contribution in [0.5, 0.6) is 0 Å². The Morgan fingerprint density at radius 2 is 1.58 bits per heavy atom. The third-order valence-corrected chi connectivity index (χ3v) is 6.41. The van der Waals surface area contributed by atoms with E-state index in [1.165, 1.54) is 17.1 Å². The average molecular weight is 497 g/mol. The van der Waals surface area contributed by atoms with Crippen molar-refractivity contribution in [1.29, 1.82) is 0 Å². The number of nitrogens with zero attached hydrogens (tertiary/aromatic N) is 2. The molecule has 0 radical (unpaired) electrons. The van der Waals surface area contributed by atoms with Crippen LogP contribution in [0.1, 0.15) is 18.0 Å². The van der Waals surface area contributed by atoms with E-state index >= 15 is 0 Å². The average Bonchev–Trinajstić information content (AvgIpc) is 3.25. The Morgan fingerprint density at radius 3 is 2.18 bits per heavy atom. The second-order valence-electron chi connectivity index (χ2n) is 7.51. The molecule has 3 aromatic carbocycles. The lowest BCUT2D eigenvalue weighted by atomic mass is 9.95. The molecule has 0 N–H and O–H groups in total. The second-order valence-corrected chi connectivity index (χ2v) is 8.83. The Balaban J connectivity index is 1.74. The molecule has 0 fully saturated rings. The summed E-state index contributed by atoms with van der Waals surface area (Å²) in [5.41, 5.74) is 1.46. The zero-order valence-corrected chi connectivity index (χ0v) is 18.9. The molecule has 33 heavy (non-hydrogen) atoms. The first-order valence-corrected chi connectivity index (χ1v) is 11.5. The van der Waals surface area contributed by atoms with Crippen LogP contribution in [0.4, 0.5) is 27.6 Å². The number of halogens is 6. The lowest BCUT2D eigenvalue weighted by molar-refractivity contribution is -0.249. The van der Waals surface area contributed by atoms with E-state index in [1.807, 2.05) is 36.6 Å². The fourth-order valence-electron chi connectivity index (χ4n) is 3.66. The van der Waals surface area contributed by atoms with Crippen LogP contribution in [0.15, 0.2) is 82.8 Å². The maximum absolute atomic E-state index is 14.2. The summed E-state index contributed by atoms with van der Waals surface area (Å²) in [6, 6.07) is 20.3. The first-order chi connectivity index (χ1) is 15.6. The fraction of sp³-hybridized carbons (Fsp3) is 0.208.